The molecule has 1 fully saturated rings. The Morgan fingerprint density at radius 3 is 2.86 bits per heavy atom. The third kappa shape index (κ3) is 3.51. The largest absolute Gasteiger partial charge is 0.464 e. The molecule has 0 N–H and O–H groups in total. The van der Waals surface area contributed by atoms with E-state index in [4.69, 9.17) is 4.74 Å². The smallest absolute Gasteiger partial charge is 0.328 e. The predicted molar refractivity (Wildman–Crippen MR) is 79.3 cm³/mol. The summed E-state index contributed by atoms with van der Waals surface area (Å²) >= 11 is 0. The van der Waals surface area contributed by atoms with Crippen LogP contribution in [0.4, 0.5) is 11.4 Å². The fraction of sp³-hybridized carbons (Fsp3) is 0.533. The number of rotatable bonds is 4. The molecular formula is C15H20N2O4. The van der Waals surface area contributed by atoms with Crippen LogP contribution in [-0.2, 0) is 9.53 Å². The number of carbonyl (C=O) groups excluding carboxylic acids is 1. The Bertz CT molecular complexity index is 518. The van der Waals surface area contributed by atoms with E-state index in [1.54, 1.807) is 25.1 Å². The first-order chi connectivity index (χ1) is 10.1. The fourth-order valence-electron chi connectivity index (χ4n) is 2.74. The van der Waals surface area contributed by atoms with Gasteiger partial charge in [0.2, 0.25) is 0 Å². The Balaban J connectivity index is 2.37. The number of ether oxygens (including phenoxy) is 1. The van der Waals surface area contributed by atoms with E-state index >= 15 is 0 Å². The van der Waals surface area contributed by atoms with Gasteiger partial charge in [-0.05, 0) is 25.8 Å². The van der Waals surface area contributed by atoms with Gasteiger partial charge in [0, 0.05) is 12.6 Å². The van der Waals surface area contributed by atoms with Gasteiger partial charge in [-0.15, -0.1) is 0 Å². The highest BCUT2D eigenvalue weighted by Gasteiger charge is 2.32. The first-order valence-electron chi connectivity index (χ1n) is 7.32. The average Bonchev–Trinajstić information content (AvgIpc) is 2.73. The molecule has 6 nitrogen and oxygen atoms in total. The summed E-state index contributed by atoms with van der Waals surface area (Å²) < 4.78 is 5.14. The first-order valence-corrected chi connectivity index (χ1v) is 7.32. The van der Waals surface area contributed by atoms with Crippen LogP contribution >= 0.6 is 0 Å². The minimum absolute atomic E-state index is 0.0358. The summed E-state index contributed by atoms with van der Waals surface area (Å²) in [6.45, 7) is 2.72. The maximum absolute atomic E-state index is 12.2. The van der Waals surface area contributed by atoms with Crippen molar-refractivity contribution in [3.8, 4) is 0 Å². The molecule has 0 spiro atoms. The summed E-state index contributed by atoms with van der Waals surface area (Å²) in [7, 11) is 0. The highest BCUT2D eigenvalue weighted by atomic mass is 16.6. The van der Waals surface area contributed by atoms with Crippen molar-refractivity contribution in [1.29, 1.82) is 0 Å². The maximum Gasteiger partial charge on any atom is 0.328 e. The second-order valence-electron chi connectivity index (χ2n) is 5.06. The molecule has 2 rings (SSSR count). The van der Waals surface area contributed by atoms with Crippen molar-refractivity contribution in [3.63, 3.8) is 0 Å². The second-order valence-corrected chi connectivity index (χ2v) is 5.06. The number of nitro benzene ring substituents is 1. The molecule has 21 heavy (non-hydrogen) atoms. The van der Waals surface area contributed by atoms with Crippen molar-refractivity contribution in [3.05, 3.63) is 34.4 Å². The average molecular weight is 292 g/mol. The molecule has 0 bridgehead atoms. The van der Waals surface area contributed by atoms with Gasteiger partial charge in [0.25, 0.3) is 5.69 Å². The van der Waals surface area contributed by atoms with E-state index in [1.165, 1.54) is 6.07 Å². The lowest BCUT2D eigenvalue weighted by molar-refractivity contribution is -0.384. The second kappa shape index (κ2) is 7.06. The van der Waals surface area contributed by atoms with Gasteiger partial charge in [-0.25, -0.2) is 4.79 Å². The number of esters is 1. The highest BCUT2D eigenvalue weighted by molar-refractivity contribution is 5.81. The van der Waals surface area contributed by atoms with E-state index in [-0.39, 0.29) is 11.7 Å². The molecule has 0 aliphatic carbocycles. The minimum atomic E-state index is -0.437. The molecule has 1 aliphatic heterocycles. The van der Waals surface area contributed by atoms with E-state index in [1.807, 2.05) is 4.90 Å². The highest BCUT2D eigenvalue weighted by Crippen LogP contribution is 2.32. The van der Waals surface area contributed by atoms with Gasteiger partial charge in [-0.1, -0.05) is 25.0 Å². The predicted octanol–water partition coefficient (Wildman–Crippen LogP) is 2.91. The fourth-order valence-corrected chi connectivity index (χ4v) is 2.74. The van der Waals surface area contributed by atoms with Crippen LogP contribution in [0.1, 0.15) is 32.6 Å². The Morgan fingerprint density at radius 2 is 2.14 bits per heavy atom. The number of nitrogens with zero attached hydrogens (tertiary/aromatic N) is 2. The number of para-hydroxylation sites is 2. The maximum atomic E-state index is 12.2. The van der Waals surface area contributed by atoms with Gasteiger partial charge in [-0.3, -0.25) is 10.1 Å². The molecule has 0 saturated carbocycles. The zero-order valence-corrected chi connectivity index (χ0v) is 12.2. The summed E-state index contributed by atoms with van der Waals surface area (Å²) in [6, 6.07) is 6.14. The quantitative estimate of drug-likeness (QED) is 0.484. The van der Waals surface area contributed by atoms with Gasteiger partial charge < -0.3 is 9.64 Å². The molecule has 1 heterocycles. The van der Waals surface area contributed by atoms with Crippen LogP contribution in [0.15, 0.2) is 24.3 Å². The van der Waals surface area contributed by atoms with E-state index in [0.29, 0.717) is 25.3 Å². The van der Waals surface area contributed by atoms with Gasteiger partial charge >= 0.3 is 5.97 Å². The summed E-state index contributed by atoms with van der Waals surface area (Å²) in [4.78, 5) is 24.8. The Labute approximate surface area is 123 Å². The Kier molecular flexibility index (Phi) is 5.14. The molecule has 0 aromatic heterocycles. The normalized spacial score (nSPS) is 18.9. The van der Waals surface area contributed by atoms with Gasteiger partial charge in [0.05, 0.1) is 11.5 Å². The molecule has 1 aliphatic rings. The minimum Gasteiger partial charge on any atom is -0.464 e. The number of hydrogen-bond donors (Lipinski definition) is 0. The molecule has 0 amide bonds. The molecule has 114 valence electrons. The van der Waals surface area contributed by atoms with Crippen molar-refractivity contribution in [2.24, 2.45) is 0 Å². The molecule has 1 saturated heterocycles. The third-order valence-corrected chi connectivity index (χ3v) is 3.70. The number of nitro groups is 1. The SMILES string of the molecule is CCOC(=O)[C@@H]1CCCCCN1c1ccccc1[N+](=O)[O-]. The van der Waals surface area contributed by atoms with E-state index in [2.05, 4.69) is 0 Å². The number of benzene rings is 1. The first kappa shape index (κ1) is 15.3. The van der Waals surface area contributed by atoms with Crippen LogP contribution < -0.4 is 4.90 Å². The number of hydrogen-bond acceptors (Lipinski definition) is 5. The molecule has 1 aromatic rings. The van der Waals surface area contributed by atoms with Gasteiger partial charge in [-0.2, -0.15) is 0 Å². The number of anilines is 1. The lowest BCUT2D eigenvalue weighted by atomic mass is 10.1. The molecular weight excluding hydrogens is 272 g/mol. The summed E-state index contributed by atoms with van der Waals surface area (Å²) in [6.07, 6.45) is 3.54. The monoisotopic (exact) mass is 292 g/mol. The molecule has 0 unspecified atom stereocenters. The Hall–Kier alpha value is -2.11. The van der Waals surface area contributed by atoms with Gasteiger partial charge in [0.1, 0.15) is 11.7 Å². The van der Waals surface area contributed by atoms with Crippen molar-refractivity contribution in [2.45, 2.75) is 38.6 Å². The van der Waals surface area contributed by atoms with Crippen molar-refractivity contribution in [1.82, 2.24) is 0 Å². The molecule has 1 aromatic carbocycles. The Morgan fingerprint density at radius 1 is 1.38 bits per heavy atom. The van der Waals surface area contributed by atoms with E-state index < -0.39 is 11.0 Å². The third-order valence-electron chi connectivity index (χ3n) is 3.70. The molecule has 0 radical (unpaired) electrons. The summed E-state index contributed by atoms with van der Waals surface area (Å²) in [5.74, 6) is -0.294. The van der Waals surface area contributed by atoms with Crippen molar-refractivity contribution < 1.29 is 14.5 Å². The molecule has 6 heteroatoms. The van der Waals surface area contributed by atoms with Crippen LogP contribution in [0.5, 0.6) is 0 Å². The summed E-state index contributed by atoms with van der Waals surface area (Å²) in [5.41, 5.74) is 0.538. The standard InChI is InChI=1S/C15H20N2O4/c1-2-21-15(18)14-10-4-3-7-11-16(14)12-8-5-6-9-13(12)17(19)20/h5-6,8-9,14H,2-4,7,10-11H2,1H3/t14-/m0/s1. The molecule has 1 atom stereocenters. The zero-order chi connectivity index (χ0) is 15.2. The van der Waals surface area contributed by atoms with Crippen molar-refractivity contribution >= 4 is 17.3 Å². The van der Waals surface area contributed by atoms with Crippen LogP contribution in [0.3, 0.4) is 0 Å². The van der Waals surface area contributed by atoms with Crippen LogP contribution in [-0.4, -0.2) is 30.1 Å². The topological polar surface area (TPSA) is 72.7 Å². The van der Waals surface area contributed by atoms with E-state index in [9.17, 15) is 14.9 Å². The van der Waals surface area contributed by atoms with Crippen LogP contribution in [0.2, 0.25) is 0 Å². The zero-order valence-electron chi connectivity index (χ0n) is 12.2. The summed E-state index contributed by atoms with van der Waals surface area (Å²) in [5, 5.41) is 11.2. The van der Waals surface area contributed by atoms with Crippen molar-refractivity contribution in [2.75, 3.05) is 18.1 Å². The van der Waals surface area contributed by atoms with Gasteiger partial charge in [0.15, 0.2) is 0 Å². The lowest BCUT2D eigenvalue weighted by Gasteiger charge is -2.29. The van der Waals surface area contributed by atoms with Crippen LogP contribution in [0, 0.1) is 10.1 Å². The van der Waals surface area contributed by atoms with E-state index in [0.717, 1.165) is 19.3 Å². The lowest BCUT2D eigenvalue weighted by Crippen LogP contribution is -2.42. The van der Waals surface area contributed by atoms with Crippen LogP contribution in [0.25, 0.3) is 0 Å². The number of carbonyl (C=O) groups is 1.